The molecule has 0 radical (unpaired) electrons. The molecule has 4 heteroatoms. The number of hydrogen-bond donors (Lipinski definition) is 2. The van der Waals surface area contributed by atoms with Crippen molar-refractivity contribution in [1.29, 1.82) is 0 Å². The van der Waals surface area contributed by atoms with Crippen molar-refractivity contribution in [3.63, 3.8) is 0 Å². The van der Waals surface area contributed by atoms with Crippen LogP contribution < -0.4 is 10.1 Å². The van der Waals surface area contributed by atoms with Crippen molar-refractivity contribution < 1.29 is 14.6 Å². The highest BCUT2D eigenvalue weighted by atomic mass is 16.5. The Morgan fingerprint density at radius 2 is 2.28 bits per heavy atom. The fourth-order valence-electron chi connectivity index (χ4n) is 1.73. The van der Waals surface area contributed by atoms with Crippen molar-refractivity contribution in [3.8, 4) is 5.75 Å². The summed E-state index contributed by atoms with van der Waals surface area (Å²) in [5.74, 6) is 0.773. The Balaban J connectivity index is 1.72. The van der Waals surface area contributed by atoms with Crippen LogP contribution in [0.15, 0.2) is 24.3 Å². The van der Waals surface area contributed by atoms with E-state index in [0.717, 1.165) is 11.3 Å². The van der Waals surface area contributed by atoms with Crippen molar-refractivity contribution in [3.05, 3.63) is 29.8 Å². The summed E-state index contributed by atoms with van der Waals surface area (Å²) < 4.78 is 10.6. The van der Waals surface area contributed by atoms with Crippen LogP contribution in [-0.2, 0) is 11.3 Å². The molecule has 1 unspecified atom stereocenters. The van der Waals surface area contributed by atoms with Crippen molar-refractivity contribution in [2.45, 2.75) is 31.6 Å². The van der Waals surface area contributed by atoms with E-state index in [2.05, 4.69) is 5.32 Å². The molecular weight excluding hydrogens is 230 g/mol. The summed E-state index contributed by atoms with van der Waals surface area (Å²) in [6.07, 6.45) is 2.00. The van der Waals surface area contributed by atoms with Gasteiger partial charge in [-0.2, -0.15) is 0 Å². The molecule has 0 bridgehead atoms. The fourth-order valence-corrected chi connectivity index (χ4v) is 1.73. The molecule has 1 aromatic carbocycles. The molecule has 2 rings (SSSR count). The van der Waals surface area contributed by atoms with Gasteiger partial charge in [0.25, 0.3) is 0 Å². The Morgan fingerprint density at radius 3 is 3.00 bits per heavy atom. The third-order valence-electron chi connectivity index (χ3n) is 2.87. The number of aliphatic hydroxyl groups excluding tert-OH is 1. The summed E-state index contributed by atoms with van der Waals surface area (Å²) in [7, 11) is 1.67. The molecule has 100 valence electrons. The van der Waals surface area contributed by atoms with Gasteiger partial charge in [0.1, 0.15) is 18.5 Å². The molecule has 0 aliphatic heterocycles. The summed E-state index contributed by atoms with van der Waals surface area (Å²) >= 11 is 0. The fraction of sp³-hybridized carbons (Fsp3) is 0.571. The number of aliphatic hydroxyl groups is 1. The Hall–Kier alpha value is -1.10. The summed E-state index contributed by atoms with van der Waals surface area (Å²) in [4.78, 5) is 0. The minimum Gasteiger partial charge on any atom is -0.491 e. The molecule has 0 aromatic heterocycles. The maximum absolute atomic E-state index is 9.75. The molecule has 4 nitrogen and oxygen atoms in total. The zero-order chi connectivity index (χ0) is 12.8. The molecule has 0 heterocycles. The van der Waals surface area contributed by atoms with Gasteiger partial charge in [-0.1, -0.05) is 12.1 Å². The molecule has 1 saturated carbocycles. The minimum absolute atomic E-state index is 0.316. The van der Waals surface area contributed by atoms with Gasteiger partial charge in [-0.05, 0) is 30.5 Å². The van der Waals surface area contributed by atoms with Crippen LogP contribution in [0.1, 0.15) is 18.4 Å². The third kappa shape index (κ3) is 4.64. The van der Waals surface area contributed by atoms with Gasteiger partial charge in [0.05, 0.1) is 6.61 Å². The topological polar surface area (TPSA) is 50.7 Å². The summed E-state index contributed by atoms with van der Waals surface area (Å²) in [6, 6.07) is 8.36. The van der Waals surface area contributed by atoms with E-state index >= 15 is 0 Å². The highest BCUT2D eigenvalue weighted by Crippen LogP contribution is 2.18. The molecule has 1 fully saturated rings. The van der Waals surface area contributed by atoms with Crippen molar-refractivity contribution in [2.75, 3.05) is 20.3 Å². The molecular formula is C14H21NO3. The third-order valence-corrected chi connectivity index (χ3v) is 2.87. The second-order valence-corrected chi connectivity index (χ2v) is 4.73. The highest BCUT2D eigenvalue weighted by molar-refractivity contribution is 5.28. The van der Waals surface area contributed by atoms with Gasteiger partial charge in [-0.25, -0.2) is 0 Å². The number of nitrogens with one attached hydrogen (secondary N) is 1. The van der Waals surface area contributed by atoms with Crippen LogP contribution in [0.3, 0.4) is 0 Å². The highest BCUT2D eigenvalue weighted by Gasteiger charge is 2.21. The molecule has 1 aliphatic carbocycles. The van der Waals surface area contributed by atoms with Crippen molar-refractivity contribution in [2.24, 2.45) is 0 Å². The van der Waals surface area contributed by atoms with E-state index in [0.29, 0.717) is 25.8 Å². The molecule has 2 N–H and O–H groups in total. The SMILES string of the molecule is COCc1cccc(OCC(O)CNC2CC2)c1. The van der Waals surface area contributed by atoms with E-state index in [-0.39, 0.29) is 0 Å². The van der Waals surface area contributed by atoms with Gasteiger partial charge in [0.15, 0.2) is 0 Å². The maximum atomic E-state index is 9.75. The van der Waals surface area contributed by atoms with E-state index in [9.17, 15) is 5.11 Å². The standard InChI is InChI=1S/C14H21NO3/c1-17-9-11-3-2-4-14(7-11)18-10-13(16)8-15-12-5-6-12/h2-4,7,12-13,15-16H,5-6,8-10H2,1H3. The van der Waals surface area contributed by atoms with E-state index in [1.54, 1.807) is 7.11 Å². The summed E-state index contributed by atoms with van der Waals surface area (Å²) in [6.45, 7) is 1.49. The number of benzene rings is 1. The number of rotatable bonds is 8. The predicted molar refractivity (Wildman–Crippen MR) is 69.7 cm³/mol. The van der Waals surface area contributed by atoms with Crippen LogP contribution in [0, 0.1) is 0 Å². The smallest absolute Gasteiger partial charge is 0.119 e. The van der Waals surface area contributed by atoms with E-state index in [1.807, 2.05) is 24.3 Å². The normalized spacial score (nSPS) is 16.6. The number of ether oxygens (including phenoxy) is 2. The van der Waals surface area contributed by atoms with E-state index in [4.69, 9.17) is 9.47 Å². The Kier molecular flexibility index (Phi) is 4.99. The lowest BCUT2D eigenvalue weighted by atomic mass is 10.2. The lowest BCUT2D eigenvalue weighted by Gasteiger charge is -2.13. The van der Waals surface area contributed by atoms with Crippen LogP contribution in [-0.4, -0.2) is 37.5 Å². The average molecular weight is 251 g/mol. The quantitative estimate of drug-likeness (QED) is 0.732. The van der Waals surface area contributed by atoms with E-state index < -0.39 is 6.10 Å². The summed E-state index contributed by atoms with van der Waals surface area (Å²) in [5, 5.41) is 13.0. The Bertz CT molecular complexity index is 366. The van der Waals surface area contributed by atoms with Gasteiger partial charge >= 0.3 is 0 Å². The van der Waals surface area contributed by atoms with Crippen LogP contribution in [0.4, 0.5) is 0 Å². The Morgan fingerprint density at radius 1 is 1.44 bits per heavy atom. The Labute approximate surface area is 108 Å². The van der Waals surface area contributed by atoms with Gasteiger partial charge in [0.2, 0.25) is 0 Å². The minimum atomic E-state index is -0.461. The first-order valence-electron chi connectivity index (χ1n) is 6.40. The van der Waals surface area contributed by atoms with Gasteiger partial charge in [-0.15, -0.1) is 0 Å². The number of methoxy groups -OCH3 is 1. The van der Waals surface area contributed by atoms with Crippen LogP contribution in [0.5, 0.6) is 5.75 Å². The lowest BCUT2D eigenvalue weighted by Crippen LogP contribution is -2.32. The van der Waals surface area contributed by atoms with Gasteiger partial charge in [-0.3, -0.25) is 0 Å². The molecule has 1 aliphatic rings. The molecule has 18 heavy (non-hydrogen) atoms. The van der Waals surface area contributed by atoms with Gasteiger partial charge in [0, 0.05) is 19.7 Å². The monoisotopic (exact) mass is 251 g/mol. The summed E-state index contributed by atoms with van der Waals surface area (Å²) in [5.41, 5.74) is 1.07. The first-order valence-corrected chi connectivity index (χ1v) is 6.40. The zero-order valence-electron chi connectivity index (χ0n) is 10.8. The predicted octanol–water partition coefficient (Wildman–Crippen LogP) is 1.32. The van der Waals surface area contributed by atoms with Crippen molar-refractivity contribution >= 4 is 0 Å². The van der Waals surface area contributed by atoms with Crippen LogP contribution in [0.2, 0.25) is 0 Å². The molecule has 0 amide bonds. The zero-order valence-corrected chi connectivity index (χ0v) is 10.8. The molecule has 0 spiro atoms. The molecule has 1 aromatic rings. The first kappa shape index (κ1) is 13.3. The lowest BCUT2D eigenvalue weighted by molar-refractivity contribution is 0.106. The molecule has 0 saturated heterocycles. The second-order valence-electron chi connectivity index (χ2n) is 4.73. The van der Waals surface area contributed by atoms with E-state index in [1.165, 1.54) is 12.8 Å². The maximum Gasteiger partial charge on any atom is 0.119 e. The average Bonchev–Trinajstić information content (AvgIpc) is 3.19. The number of hydrogen-bond acceptors (Lipinski definition) is 4. The van der Waals surface area contributed by atoms with Crippen molar-refractivity contribution in [1.82, 2.24) is 5.32 Å². The van der Waals surface area contributed by atoms with Gasteiger partial charge < -0.3 is 19.9 Å². The second kappa shape index (κ2) is 6.73. The largest absolute Gasteiger partial charge is 0.491 e. The molecule has 1 atom stereocenters. The van der Waals surface area contributed by atoms with Crippen LogP contribution in [0.25, 0.3) is 0 Å². The first-order chi connectivity index (χ1) is 8.78. The van der Waals surface area contributed by atoms with Crippen LogP contribution >= 0.6 is 0 Å².